The van der Waals surface area contributed by atoms with Gasteiger partial charge in [-0.1, -0.05) is 11.8 Å². The van der Waals surface area contributed by atoms with Crippen LogP contribution in [0, 0.1) is 0 Å². The number of carbonyl (C=O) groups is 2. The van der Waals surface area contributed by atoms with Crippen LogP contribution in [0.3, 0.4) is 0 Å². The van der Waals surface area contributed by atoms with Crippen molar-refractivity contribution in [2.45, 2.75) is 43.1 Å². The van der Waals surface area contributed by atoms with E-state index in [1.54, 1.807) is 4.68 Å². The van der Waals surface area contributed by atoms with Gasteiger partial charge in [-0.2, -0.15) is 0 Å². The van der Waals surface area contributed by atoms with E-state index in [0.717, 1.165) is 24.6 Å². The van der Waals surface area contributed by atoms with Crippen molar-refractivity contribution in [1.82, 2.24) is 25.5 Å². The minimum atomic E-state index is -1.32. The van der Waals surface area contributed by atoms with Gasteiger partial charge in [0, 0.05) is 0 Å². The van der Waals surface area contributed by atoms with Crippen molar-refractivity contribution in [3.63, 3.8) is 0 Å². The van der Waals surface area contributed by atoms with E-state index in [0.29, 0.717) is 11.2 Å². The number of tetrazole rings is 1. The molecule has 1 amide bonds. The molecule has 0 spiro atoms. The van der Waals surface area contributed by atoms with Crippen molar-refractivity contribution in [1.29, 1.82) is 0 Å². The number of carboxylic acids is 1. The van der Waals surface area contributed by atoms with Crippen molar-refractivity contribution in [2.24, 2.45) is 0 Å². The first-order valence-corrected chi connectivity index (χ1v) is 7.08. The molecule has 1 saturated carbocycles. The molecule has 9 nitrogen and oxygen atoms in total. The summed E-state index contributed by atoms with van der Waals surface area (Å²) in [4.78, 5) is 22.5. The maximum absolute atomic E-state index is 11.7. The lowest BCUT2D eigenvalue weighted by Crippen LogP contribution is -2.48. The number of rotatable bonds is 7. The van der Waals surface area contributed by atoms with Crippen molar-refractivity contribution < 1.29 is 19.8 Å². The molecular weight excluding hydrogens is 286 g/mol. The number of carboxylic acid groups (broad SMARTS) is 1. The number of carbonyl (C=O) groups excluding carboxylic acids is 1. The fourth-order valence-corrected chi connectivity index (χ4v) is 2.32. The molecule has 1 aromatic rings. The summed E-state index contributed by atoms with van der Waals surface area (Å²) in [5, 5.41) is 32.1. The van der Waals surface area contributed by atoms with Crippen LogP contribution in [-0.4, -0.2) is 60.2 Å². The highest BCUT2D eigenvalue weighted by molar-refractivity contribution is 7.99. The number of aromatic nitrogens is 4. The van der Waals surface area contributed by atoms with Gasteiger partial charge in [0.05, 0.1) is 17.9 Å². The summed E-state index contributed by atoms with van der Waals surface area (Å²) in [6.07, 6.45) is 0.875. The van der Waals surface area contributed by atoms with E-state index < -0.39 is 24.0 Å². The molecule has 0 radical (unpaired) electrons. The molecule has 1 heterocycles. The molecule has 3 N–H and O–H groups in total. The number of aliphatic carboxylic acids is 1. The predicted molar refractivity (Wildman–Crippen MR) is 68.1 cm³/mol. The van der Waals surface area contributed by atoms with Crippen LogP contribution >= 0.6 is 11.8 Å². The van der Waals surface area contributed by atoms with E-state index in [9.17, 15) is 14.7 Å². The van der Waals surface area contributed by atoms with Gasteiger partial charge < -0.3 is 15.5 Å². The number of thioether (sulfide) groups is 1. The van der Waals surface area contributed by atoms with Crippen LogP contribution in [0.15, 0.2) is 5.16 Å². The fourth-order valence-electron chi connectivity index (χ4n) is 1.56. The molecule has 1 fully saturated rings. The van der Waals surface area contributed by atoms with Gasteiger partial charge in [0.15, 0.2) is 6.04 Å². The van der Waals surface area contributed by atoms with Crippen molar-refractivity contribution in [3.05, 3.63) is 0 Å². The van der Waals surface area contributed by atoms with E-state index in [4.69, 9.17) is 5.11 Å². The molecule has 1 aliphatic rings. The Morgan fingerprint density at radius 3 is 2.80 bits per heavy atom. The van der Waals surface area contributed by atoms with Gasteiger partial charge in [-0.25, -0.2) is 9.48 Å². The Morgan fingerprint density at radius 1 is 1.55 bits per heavy atom. The summed E-state index contributed by atoms with van der Waals surface area (Å²) in [7, 11) is 0. The summed E-state index contributed by atoms with van der Waals surface area (Å²) in [5.41, 5.74) is 0. The van der Waals surface area contributed by atoms with Crippen molar-refractivity contribution in [3.8, 4) is 0 Å². The van der Waals surface area contributed by atoms with Crippen LogP contribution in [0.25, 0.3) is 0 Å². The zero-order valence-electron chi connectivity index (χ0n) is 10.8. The first-order valence-electron chi connectivity index (χ1n) is 6.10. The third kappa shape index (κ3) is 3.67. The molecular formula is C10H15N5O4S. The molecule has 2 atom stereocenters. The zero-order chi connectivity index (χ0) is 14.7. The van der Waals surface area contributed by atoms with Crippen molar-refractivity contribution >= 4 is 23.6 Å². The molecule has 0 saturated heterocycles. The summed E-state index contributed by atoms with van der Waals surface area (Å²) < 4.78 is 1.67. The molecule has 0 aliphatic heterocycles. The highest BCUT2D eigenvalue weighted by Gasteiger charge is 2.29. The molecule has 1 aliphatic carbocycles. The smallest absolute Gasteiger partial charge is 0.328 e. The van der Waals surface area contributed by atoms with E-state index in [1.165, 1.54) is 6.92 Å². The van der Waals surface area contributed by atoms with Crippen LogP contribution in [0.2, 0.25) is 0 Å². The van der Waals surface area contributed by atoms with E-state index >= 15 is 0 Å². The van der Waals surface area contributed by atoms with Crippen LogP contribution in [0.1, 0.15) is 25.8 Å². The molecule has 0 aromatic carbocycles. The van der Waals surface area contributed by atoms with Crippen LogP contribution in [-0.2, 0) is 9.59 Å². The summed E-state index contributed by atoms with van der Waals surface area (Å²) in [6.45, 7) is 1.31. The minimum absolute atomic E-state index is 0.0103. The van der Waals surface area contributed by atoms with Gasteiger partial charge in [-0.15, -0.1) is 5.10 Å². The number of hydrogen-bond acceptors (Lipinski definition) is 7. The Hall–Kier alpha value is -1.68. The maximum atomic E-state index is 11.7. The first-order chi connectivity index (χ1) is 9.49. The Balaban J connectivity index is 1.85. The molecule has 2 rings (SSSR count). The van der Waals surface area contributed by atoms with Gasteiger partial charge in [0.25, 0.3) is 0 Å². The molecule has 110 valence electrons. The quantitative estimate of drug-likeness (QED) is 0.549. The average Bonchev–Trinajstić information content (AvgIpc) is 3.12. The van der Waals surface area contributed by atoms with Crippen LogP contribution in [0.4, 0.5) is 0 Å². The van der Waals surface area contributed by atoms with Crippen molar-refractivity contribution in [2.75, 3.05) is 5.75 Å². The lowest BCUT2D eigenvalue weighted by atomic mass is 10.2. The van der Waals surface area contributed by atoms with Gasteiger partial charge in [0.2, 0.25) is 11.1 Å². The lowest BCUT2D eigenvalue weighted by Gasteiger charge is -2.16. The van der Waals surface area contributed by atoms with Gasteiger partial charge in [-0.05, 0) is 30.2 Å². The highest BCUT2D eigenvalue weighted by atomic mass is 32.2. The molecule has 20 heavy (non-hydrogen) atoms. The van der Waals surface area contributed by atoms with Gasteiger partial charge in [-0.3, -0.25) is 4.79 Å². The standard InChI is InChI=1S/C10H15N5O4S/c1-5(16)8(9(18)19)11-7(17)4-20-10-12-13-14-15(10)6-2-3-6/h5-6,8,16H,2-4H2,1H3,(H,11,17)(H,18,19)/t5-,8+/m1/s1. The first kappa shape index (κ1) is 14.7. The minimum Gasteiger partial charge on any atom is -0.480 e. The number of hydrogen-bond donors (Lipinski definition) is 3. The second-order valence-electron chi connectivity index (χ2n) is 4.55. The van der Waals surface area contributed by atoms with Crippen LogP contribution in [0.5, 0.6) is 0 Å². The Kier molecular flexibility index (Phi) is 4.55. The third-order valence-electron chi connectivity index (χ3n) is 2.75. The third-order valence-corrected chi connectivity index (χ3v) is 3.69. The largest absolute Gasteiger partial charge is 0.480 e. The molecule has 10 heteroatoms. The predicted octanol–water partition coefficient (Wildman–Crippen LogP) is -0.950. The average molecular weight is 301 g/mol. The highest BCUT2D eigenvalue weighted by Crippen LogP contribution is 2.36. The second-order valence-corrected chi connectivity index (χ2v) is 5.49. The van der Waals surface area contributed by atoms with Gasteiger partial charge >= 0.3 is 5.97 Å². The lowest BCUT2D eigenvalue weighted by molar-refractivity contribution is -0.144. The summed E-state index contributed by atoms with van der Waals surface area (Å²) in [6, 6.07) is -1.01. The van der Waals surface area contributed by atoms with E-state index in [2.05, 4.69) is 20.8 Å². The second kappa shape index (κ2) is 6.18. The summed E-state index contributed by atoms with van der Waals surface area (Å²) in [5.74, 6) is -1.78. The van der Waals surface area contributed by atoms with E-state index in [-0.39, 0.29) is 5.75 Å². The Morgan fingerprint density at radius 2 is 2.25 bits per heavy atom. The van der Waals surface area contributed by atoms with E-state index in [1.807, 2.05) is 0 Å². The number of nitrogens with zero attached hydrogens (tertiary/aromatic N) is 4. The Labute approximate surface area is 118 Å². The monoisotopic (exact) mass is 301 g/mol. The fraction of sp³-hybridized carbons (Fsp3) is 0.700. The topological polar surface area (TPSA) is 130 Å². The number of aliphatic hydroxyl groups is 1. The normalized spacial score (nSPS) is 17.5. The number of nitrogens with one attached hydrogen (secondary N) is 1. The molecule has 1 aromatic heterocycles. The molecule has 0 bridgehead atoms. The van der Waals surface area contributed by atoms with Gasteiger partial charge in [0.1, 0.15) is 0 Å². The number of amides is 1. The Bertz CT molecular complexity index is 502. The number of aliphatic hydroxyl groups excluding tert-OH is 1. The molecule has 0 unspecified atom stereocenters. The maximum Gasteiger partial charge on any atom is 0.328 e. The SMILES string of the molecule is C[C@@H](O)[C@H](NC(=O)CSc1nnnn1C1CC1)C(=O)O. The zero-order valence-corrected chi connectivity index (χ0v) is 11.6. The van der Waals surface area contributed by atoms with Crippen LogP contribution < -0.4 is 5.32 Å². The summed E-state index contributed by atoms with van der Waals surface area (Å²) >= 11 is 1.14.